The number of hydrogen-bond donors (Lipinski definition) is 1. The van der Waals surface area contributed by atoms with Crippen LogP contribution in [-0.2, 0) is 4.79 Å². The highest BCUT2D eigenvalue weighted by Gasteiger charge is 2.33. The summed E-state index contributed by atoms with van der Waals surface area (Å²) in [6, 6.07) is 6.16. The van der Waals surface area contributed by atoms with Gasteiger partial charge in [0.25, 0.3) is 0 Å². The molecule has 3 atom stereocenters. The summed E-state index contributed by atoms with van der Waals surface area (Å²) < 4.78 is 0. The summed E-state index contributed by atoms with van der Waals surface area (Å²) in [4.78, 5) is 18.5. The van der Waals surface area contributed by atoms with E-state index in [4.69, 9.17) is 11.6 Å². The molecule has 1 aliphatic rings. The average molecular weight is 373 g/mol. The van der Waals surface area contributed by atoms with Gasteiger partial charge < -0.3 is 9.88 Å². The number of benzene rings is 1. The highest BCUT2D eigenvalue weighted by molar-refractivity contribution is 6.35. The molecule has 3 rings (SSSR count). The summed E-state index contributed by atoms with van der Waals surface area (Å²) in [5.74, 6) is 0.751. The highest BCUT2D eigenvalue weighted by atomic mass is 35.5. The number of halogens is 1. The lowest BCUT2D eigenvalue weighted by Crippen LogP contribution is -2.48. The van der Waals surface area contributed by atoms with Crippen molar-refractivity contribution in [3.8, 4) is 0 Å². The van der Waals surface area contributed by atoms with Gasteiger partial charge in [-0.3, -0.25) is 4.79 Å². The minimum atomic E-state index is 0.124. The first-order chi connectivity index (χ1) is 12.4. The van der Waals surface area contributed by atoms with Crippen LogP contribution in [0.2, 0.25) is 5.02 Å². The Morgan fingerprint density at radius 1 is 1.46 bits per heavy atom. The quantitative estimate of drug-likeness (QED) is 0.651. The first kappa shape index (κ1) is 19.0. The molecule has 0 radical (unpaired) electrons. The van der Waals surface area contributed by atoms with Crippen molar-refractivity contribution in [1.82, 2.24) is 9.88 Å². The zero-order valence-electron chi connectivity index (χ0n) is 16.0. The predicted molar refractivity (Wildman–Crippen MR) is 110 cm³/mol. The number of nitrogens with zero attached hydrogens (tertiary/aromatic N) is 1. The van der Waals surface area contributed by atoms with Gasteiger partial charge in [-0.2, -0.15) is 0 Å². The number of aromatic amines is 1. The fraction of sp³-hybridized carbons (Fsp3) is 0.500. The number of fused-ring (bicyclic) bond motifs is 1. The number of H-pyrrole nitrogens is 1. The fourth-order valence-corrected chi connectivity index (χ4v) is 4.54. The van der Waals surface area contributed by atoms with Gasteiger partial charge in [-0.05, 0) is 42.4 Å². The van der Waals surface area contributed by atoms with Crippen LogP contribution in [0.4, 0.5) is 0 Å². The molecular formula is C22H29ClN2O. The Morgan fingerprint density at radius 3 is 2.96 bits per heavy atom. The molecule has 1 aromatic heterocycles. The van der Waals surface area contributed by atoms with Gasteiger partial charge in [0.05, 0.1) is 5.02 Å². The van der Waals surface area contributed by atoms with E-state index in [0.717, 1.165) is 47.3 Å². The molecule has 4 heteroatoms. The van der Waals surface area contributed by atoms with Crippen molar-refractivity contribution in [2.75, 3.05) is 6.54 Å². The Morgan fingerprint density at radius 2 is 2.23 bits per heavy atom. The predicted octanol–water partition coefficient (Wildman–Crippen LogP) is 5.91. The van der Waals surface area contributed by atoms with Crippen molar-refractivity contribution in [3.63, 3.8) is 0 Å². The van der Waals surface area contributed by atoms with Gasteiger partial charge in [0.2, 0.25) is 5.91 Å². The Labute approximate surface area is 161 Å². The van der Waals surface area contributed by atoms with E-state index in [1.807, 2.05) is 24.4 Å². The van der Waals surface area contributed by atoms with Crippen LogP contribution in [0.5, 0.6) is 0 Å². The third-order valence-electron chi connectivity index (χ3n) is 5.90. The second kappa shape index (κ2) is 7.87. The maximum absolute atomic E-state index is 13.1. The van der Waals surface area contributed by atoms with Crippen molar-refractivity contribution in [2.24, 2.45) is 5.92 Å². The van der Waals surface area contributed by atoms with Crippen molar-refractivity contribution in [2.45, 2.75) is 58.4 Å². The van der Waals surface area contributed by atoms with E-state index in [2.05, 4.69) is 37.2 Å². The van der Waals surface area contributed by atoms with E-state index in [1.54, 1.807) is 0 Å². The number of hydrogen-bond acceptors (Lipinski definition) is 1. The first-order valence-corrected chi connectivity index (χ1v) is 10.0. The largest absolute Gasteiger partial charge is 0.361 e. The molecule has 3 unspecified atom stereocenters. The number of nitrogens with one attached hydrogen (secondary N) is 1. The summed E-state index contributed by atoms with van der Waals surface area (Å²) in [6.07, 6.45) is 5.55. The summed E-state index contributed by atoms with van der Waals surface area (Å²) >= 11 is 6.41. The van der Waals surface area contributed by atoms with Gasteiger partial charge in [0.1, 0.15) is 0 Å². The fourth-order valence-electron chi connectivity index (χ4n) is 4.25. The minimum Gasteiger partial charge on any atom is -0.361 e. The first-order valence-electron chi connectivity index (χ1n) is 9.66. The maximum atomic E-state index is 13.1. The summed E-state index contributed by atoms with van der Waals surface area (Å²) in [6.45, 7) is 11.5. The molecule has 1 amide bonds. The molecule has 0 aliphatic carbocycles. The minimum absolute atomic E-state index is 0.124. The number of aromatic nitrogens is 1. The molecule has 1 aromatic carbocycles. The second-order valence-electron chi connectivity index (χ2n) is 7.65. The monoisotopic (exact) mass is 372 g/mol. The number of likely N-dealkylation sites (tertiary alicyclic amines) is 1. The van der Waals surface area contributed by atoms with Crippen LogP contribution in [0, 0.1) is 5.92 Å². The van der Waals surface area contributed by atoms with Crippen LogP contribution in [-0.4, -0.2) is 28.4 Å². The summed E-state index contributed by atoms with van der Waals surface area (Å²) in [5, 5.41) is 1.78. The molecule has 3 nitrogen and oxygen atoms in total. The SMILES string of the molecule is C=C1CCN(C(=O)CC(C)c2c[nH]c3cccc(Cl)c23)C(CCC)C1C. The van der Waals surface area contributed by atoms with Gasteiger partial charge in [-0.1, -0.05) is 57.0 Å². The van der Waals surface area contributed by atoms with Crippen LogP contribution in [0.1, 0.15) is 57.9 Å². The number of rotatable bonds is 5. The van der Waals surface area contributed by atoms with Gasteiger partial charge in [0.15, 0.2) is 0 Å². The van der Waals surface area contributed by atoms with Crippen molar-refractivity contribution < 1.29 is 4.79 Å². The summed E-state index contributed by atoms with van der Waals surface area (Å²) in [5.41, 5.74) is 3.43. The highest BCUT2D eigenvalue weighted by Crippen LogP contribution is 2.35. The Balaban J connectivity index is 1.78. The van der Waals surface area contributed by atoms with E-state index in [-0.39, 0.29) is 17.9 Å². The third kappa shape index (κ3) is 3.55. The lowest BCUT2D eigenvalue weighted by Gasteiger charge is -2.42. The molecule has 1 fully saturated rings. The number of carbonyl (C=O) groups excluding carboxylic acids is 1. The molecule has 26 heavy (non-hydrogen) atoms. The lowest BCUT2D eigenvalue weighted by atomic mass is 9.84. The van der Waals surface area contributed by atoms with Crippen LogP contribution in [0.25, 0.3) is 10.9 Å². The van der Waals surface area contributed by atoms with E-state index in [0.29, 0.717) is 12.3 Å². The van der Waals surface area contributed by atoms with Crippen LogP contribution in [0.3, 0.4) is 0 Å². The molecular weight excluding hydrogens is 344 g/mol. The maximum Gasteiger partial charge on any atom is 0.223 e. The van der Waals surface area contributed by atoms with Crippen molar-refractivity contribution in [1.29, 1.82) is 0 Å². The molecule has 1 saturated heterocycles. The number of piperidine rings is 1. The molecule has 2 heterocycles. The Kier molecular flexibility index (Phi) is 5.76. The standard InChI is InChI=1S/C22H29ClN2O/c1-5-7-20-16(4)14(2)10-11-25(20)21(26)12-15(3)17-13-24-19-9-6-8-18(23)22(17)19/h6,8-9,13,15-16,20,24H,2,5,7,10-12H2,1,3-4H3. The zero-order valence-corrected chi connectivity index (χ0v) is 16.8. The third-order valence-corrected chi connectivity index (χ3v) is 6.21. The normalized spacial score (nSPS) is 22.0. The van der Waals surface area contributed by atoms with Gasteiger partial charge in [-0.25, -0.2) is 0 Å². The van der Waals surface area contributed by atoms with Crippen molar-refractivity contribution >= 4 is 28.4 Å². The average Bonchev–Trinajstić information content (AvgIpc) is 3.05. The van der Waals surface area contributed by atoms with Crippen molar-refractivity contribution in [3.05, 3.63) is 47.1 Å². The molecule has 1 N–H and O–H groups in total. The van der Waals surface area contributed by atoms with E-state index in [1.165, 1.54) is 5.57 Å². The second-order valence-corrected chi connectivity index (χ2v) is 8.06. The zero-order chi connectivity index (χ0) is 18.8. The van der Waals surface area contributed by atoms with E-state index < -0.39 is 0 Å². The molecule has 0 saturated carbocycles. The van der Waals surface area contributed by atoms with Gasteiger partial charge >= 0.3 is 0 Å². The van der Waals surface area contributed by atoms with Crippen LogP contribution < -0.4 is 0 Å². The van der Waals surface area contributed by atoms with Gasteiger partial charge in [0, 0.05) is 36.1 Å². The summed E-state index contributed by atoms with van der Waals surface area (Å²) in [7, 11) is 0. The molecule has 140 valence electrons. The van der Waals surface area contributed by atoms with E-state index >= 15 is 0 Å². The topological polar surface area (TPSA) is 36.1 Å². The number of carbonyl (C=O) groups is 1. The Hall–Kier alpha value is -1.74. The smallest absolute Gasteiger partial charge is 0.223 e. The van der Waals surface area contributed by atoms with Crippen LogP contribution in [0.15, 0.2) is 36.5 Å². The van der Waals surface area contributed by atoms with Crippen LogP contribution >= 0.6 is 11.6 Å². The number of amides is 1. The molecule has 2 aromatic rings. The molecule has 0 spiro atoms. The lowest BCUT2D eigenvalue weighted by molar-refractivity contribution is -0.135. The molecule has 0 bridgehead atoms. The Bertz CT molecular complexity index is 810. The molecule has 1 aliphatic heterocycles. The van der Waals surface area contributed by atoms with E-state index in [9.17, 15) is 4.79 Å². The van der Waals surface area contributed by atoms with Gasteiger partial charge in [-0.15, -0.1) is 0 Å².